The van der Waals surface area contributed by atoms with Gasteiger partial charge >= 0.3 is 6.09 Å². The van der Waals surface area contributed by atoms with Gasteiger partial charge in [0.15, 0.2) is 0 Å². The first-order valence-corrected chi connectivity index (χ1v) is 8.70. The summed E-state index contributed by atoms with van der Waals surface area (Å²) in [6.45, 7) is 8.37. The van der Waals surface area contributed by atoms with Crippen molar-refractivity contribution in [2.45, 2.75) is 64.8 Å². The third kappa shape index (κ3) is 5.14. The van der Waals surface area contributed by atoms with E-state index < -0.39 is 22.8 Å². The quantitative estimate of drug-likeness (QED) is 0.788. The molecule has 140 valence electrons. The van der Waals surface area contributed by atoms with E-state index in [2.05, 4.69) is 0 Å². The maximum Gasteiger partial charge on any atom is 0.410 e. The van der Waals surface area contributed by atoms with Crippen molar-refractivity contribution < 1.29 is 23.0 Å². The largest absolute Gasteiger partial charge is 0.444 e. The van der Waals surface area contributed by atoms with Crippen molar-refractivity contribution in [1.29, 1.82) is 0 Å². The lowest BCUT2D eigenvalue weighted by molar-refractivity contribution is -0.0967. The molecule has 1 saturated heterocycles. The van der Waals surface area contributed by atoms with Crippen LogP contribution in [-0.4, -0.2) is 35.3 Å². The summed E-state index contributed by atoms with van der Waals surface area (Å²) in [5.74, 6) is -1.20. The van der Waals surface area contributed by atoms with Crippen molar-refractivity contribution in [3.8, 4) is 0 Å². The lowest BCUT2D eigenvalue weighted by Crippen LogP contribution is -2.49. The summed E-state index contributed by atoms with van der Waals surface area (Å²) in [5.41, 5.74) is -1.06. The predicted molar refractivity (Wildman–Crippen MR) is 91.2 cm³/mol. The molecule has 0 bridgehead atoms. The van der Waals surface area contributed by atoms with Crippen molar-refractivity contribution in [3.63, 3.8) is 0 Å². The van der Waals surface area contributed by atoms with E-state index >= 15 is 0 Å². The Morgan fingerprint density at radius 1 is 1.20 bits per heavy atom. The Labute approximate surface area is 148 Å². The maximum atomic E-state index is 13.8. The van der Waals surface area contributed by atoms with E-state index in [9.17, 15) is 13.6 Å². The van der Waals surface area contributed by atoms with Crippen LogP contribution in [0, 0.1) is 11.6 Å². The first kappa shape index (κ1) is 19.6. The van der Waals surface area contributed by atoms with Gasteiger partial charge in [0.05, 0.1) is 12.2 Å². The summed E-state index contributed by atoms with van der Waals surface area (Å²) < 4.78 is 38.9. The monoisotopic (exact) mass is 355 g/mol. The Morgan fingerprint density at radius 2 is 1.76 bits per heavy atom. The van der Waals surface area contributed by atoms with Crippen molar-refractivity contribution in [1.82, 2.24) is 4.90 Å². The van der Waals surface area contributed by atoms with Gasteiger partial charge in [0, 0.05) is 18.7 Å². The zero-order chi connectivity index (χ0) is 18.7. The second-order valence-electron chi connectivity index (χ2n) is 7.49. The molecule has 1 aliphatic heterocycles. The fraction of sp³-hybridized carbons (Fsp3) is 0.632. The molecule has 0 radical (unpaired) electrons. The highest BCUT2D eigenvalue weighted by atomic mass is 19.1. The Morgan fingerprint density at radius 3 is 2.24 bits per heavy atom. The number of amides is 1. The zero-order valence-corrected chi connectivity index (χ0v) is 15.4. The smallest absolute Gasteiger partial charge is 0.410 e. The van der Waals surface area contributed by atoms with Gasteiger partial charge in [0.1, 0.15) is 17.2 Å². The molecule has 6 heteroatoms. The van der Waals surface area contributed by atoms with Gasteiger partial charge in [-0.15, -0.1) is 0 Å². The number of carbonyl (C=O) groups excluding carboxylic acids is 1. The Hall–Kier alpha value is -1.69. The van der Waals surface area contributed by atoms with Crippen molar-refractivity contribution in [2.75, 3.05) is 13.1 Å². The third-order valence-corrected chi connectivity index (χ3v) is 4.56. The number of halogens is 2. The number of hydrogen-bond donors (Lipinski definition) is 0. The fourth-order valence-corrected chi connectivity index (χ4v) is 2.92. The van der Waals surface area contributed by atoms with E-state index in [4.69, 9.17) is 9.47 Å². The molecule has 25 heavy (non-hydrogen) atoms. The molecular formula is C19H27F2NO3. The van der Waals surface area contributed by atoms with Crippen LogP contribution in [0.4, 0.5) is 13.6 Å². The fourth-order valence-electron chi connectivity index (χ4n) is 2.92. The number of ether oxygens (including phenoxy) is 2. The normalized spacial score (nSPS) is 17.4. The van der Waals surface area contributed by atoms with Crippen LogP contribution in [0.25, 0.3) is 0 Å². The number of nitrogens with zero attached hydrogens (tertiary/aromatic N) is 1. The van der Waals surface area contributed by atoms with Gasteiger partial charge in [-0.1, -0.05) is 13.0 Å². The van der Waals surface area contributed by atoms with Gasteiger partial charge in [0.2, 0.25) is 0 Å². The van der Waals surface area contributed by atoms with Crippen LogP contribution < -0.4 is 0 Å². The van der Waals surface area contributed by atoms with E-state index in [1.165, 1.54) is 18.2 Å². The van der Waals surface area contributed by atoms with Crippen LogP contribution in [-0.2, 0) is 16.1 Å². The molecule has 1 amide bonds. The molecule has 0 N–H and O–H groups in total. The minimum absolute atomic E-state index is 0.0510. The number of benzene rings is 1. The van der Waals surface area contributed by atoms with Crippen LogP contribution in [0.1, 0.15) is 52.5 Å². The molecule has 0 aromatic heterocycles. The van der Waals surface area contributed by atoms with E-state index in [0.29, 0.717) is 32.4 Å². The van der Waals surface area contributed by atoms with Crippen molar-refractivity contribution in [3.05, 3.63) is 35.4 Å². The molecule has 0 atom stereocenters. The summed E-state index contributed by atoms with van der Waals surface area (Å²) in [5, 5.41) is 0. The molecule has 1 heterocycles. The lowest BCUT2D eigenvalue weighted by Gasteiger charge is -2.41. The van der Waals surface area contributed by atoms with Crippen LogP contribution in [0.5, 0.6) is 0 Å². The first-order valence-electron chi connectivity index (χ1n) is 8.70. The van der Waals surface area contributed by atoms with Gasteiger partial charge in [-0.25, -0.2) is 13.6 Å². The van der Waals surface area contributed by atoms with Crippen LogP contribution >= 0.6 is 0 Å². The zero-order valence-electron chi connectivity index (χ0n) is 15.4. The summed E-state index contributed by atoms with van der Waals surface area (Å²) in [6, 6.07) is 3.79. The van der Waals surface area contributed by atoms with Crippen LogP contribution in [0.15, 0.2) is 18.2 Å². The highest BCUT2D eigenvalue weighted by Crippen LogP contribution is 2.32. The molecule has 0 saturated carbocycles. The average molecular weight is 355 g/mol. The highest BCUT2D eigenvalue weighted by molar-refractivity contribution is 5.68. The van der Waals surface area contributed by atoms with Crippen molar-refractivity contribution >= 4 is 6.09 Å². The summed E-state index contributed by atoms with van der Waals surface area (Å²) in [4.78, 5) is 13.8. The average Bonchev–Trinajstić information content (AvgIpc) is 2.53. The number of hydrogen-bond acceptors (Lipinski definition) is 3. The SMILES string of the molecule is CCC1(OCc2c(F)cccc2F)CCN(C(=O)OC(C)(C)C)CC1. The maximum absolute atomic E-state index is 13.8. The van der Waals surface area contributed by atoms with Gasteiger partial charge in [0.25, 0.3) is 0 Å². The van der Waals surface area contributed by atoms with Crippen LogP contribution in [0.2, 0.25) is 0 Å². The molecular weight excluding hydrogens is 328 g/mol. The second-order valence-corrected chi connectivity index (χ2v) is 7.49. The Kier molecular flexibility index (Phi) is 6.03. The minimum Gasteiger partial charge on any atom is -0.444 e. The van der Waals surface area contributed by atoms with Gasteiger partial charge in [-0.3, -0.25) is 0 Å². The number of piperidine rings is 1. The Bertz CT molecular complexity index is 585. The third-order valence-electron chi connectivity index (χ3n) is 4.56. The molecule has 1 fully saturated rings. The topological polar surface area (TPSA) is 38.8 Å². The highest BCUT2D eigenvalue weighted by Gasteiger charge is 2.37. The minimum atomic E-state index is -0.600. The molecule has 0 unspecified atom stereocenters. The van der Waals surface area contributed by atoms with E-state index in [0.717, 1.165) is 0 Å². The number of likely N-dealkylation sites (tertiary alicyclic amines) is 1. The molecule has 0 aliphatic carbocycles. The van der Waals surface area contributed by atoms with E-state index in [1.54, 1.807) is 4.90 Å². The summed E-state index contributed by atoms with van der Waals surface area (Å²) >= 11 is 0. The first-order chi connectivity index (χ1) is 11.7. The standard InChI is InChI=1S/C19H27F2NO3/c1-5-19(24-13-14-15(20)7-6-8-16(14)21)9-11-22(12-10-19)17(23)25-18(2,3)4/h6-8H,5,9-13H2,1-4H3. The molecule has 1 aromatic carbocycles. The molecule has 1 aromatic rings. The predicted octanol–water partition coefficient (Wildman–Crippen LogP) is 4.66. The summed E-state index contributed by atoms with van der Waals surface area (Å²) in [6.07, 6.45) is 1.60. The Balaban J connectivity index is 1.96. The van der Waals surface area contributed by atoms with Gasteiger partial charge < -0.3 is 14.4 Å². The van der Waals surface area contributed by atoms with Crippen molar-refractivity contribution in [2.24, 2.45) is 0 Å². The van der Waals surface area contributed by atoms with E-state index in [-0.39, 0.29) is 18.3 Å². The molecule has 1 aliphatic rings. The van der Waals surface area contributed by atoms with Gasteiger partial charge in [-0.2, -0.15) is 0 Å². The number of carbonyl (C=O) groups is 1. The number of rotatable bonds is 4. The van der Waals surface area contributed by atoms with Crippen LogP contribution in [0.3, 0.4) is 0 Å². The second kappa shape index (κ2) is 7.68. The molecule has 2 rings (SSSR count). The van der Waals surface area contributed by atoms with Gasteiger partial charge in [-0.05, 0) is 52.2 Å². The molecule has 0 spiro atoms. The van der Waals surface area contributed by atoms with E-state index in [1.807, 2.05) is 27.7 Å². The molecule has 4 nitrogen and oxygen atoms in total. The summed E-state index contributed by atoms with van der Waals surface area (Å²) in [7, 11) is 0. The lowest BCUT2D eigenvalue weighted by atomic mass is 9.88.